The molecule has 3 aromatic heterocycles. The van der Waals surface area contributed by atoms with Gasteiger partial charge in [0, 0.05) is 67.3 Å². The molecule has 11 aromatic carbocycles. The van der Waals surface area contributed by atoms with Gasteiger partial charge >= 0.3 is 35.9 Å². The van der Waals surface area contributed by atoms with Crippen molar-refractivity contribution in [3.05, 3.63) is 360 Å². The molecule has 4 fully saturated rings. The second kappa shape index (κ2) is 57.9. The molecular weight excluding hydrogens is 1850 g/mol. The average Bonchev–Trinajstić information content (AvgIpc) is 1.52. The number of rotatable bonds is 31. The highest BCUT2D eigenvalue weighted by Crippen LogP contribution is 2.39. The monoisotopic (exact) mass is 1990 g/mol. The normalized spacial score (nSPS) is 17.5. The number of carbonyl (C=O) groups excluding carboxylic acids is 6. The molecule has 0 radical (unpaired) electrons. The zero-order chi connectivity index (χ0) is 98.7. The second-order valence-corrected chi connectivity index (χ2v) is 39.3. The van der Waals surface area contributed by atoms with E-state index in [1.165, 1.54) is 78.5 Å². The number of aliphatic carboxylic acids is 1. The van der Waals surface area contributed by atoms with Crippen LogP contribution in [0.4, 0.5) is 25.0 Å². The van der Waals surface area contributed by atoms with Crippen molar-refractivity contribution in [3.8, 4) is 0 Å². The van der Waals surface area contributed by atoms with Gasteiger partial charge in [0.15, 0.2) is 15.4 Å². The number of ether oxygens (including phenoxy) is 3. The molecule has 0 bridgehead atoms. The van der Waals surface area contributed by atoms with Gasteiger partial charge in [-0.3, -0.25) is 29.8 Å². The number of halogens is 1. The van der Waals surface area contributed by atoms with Crippen LogP contribution in [-0.2, 0) is 38.2 Å². The molecule has 4 amide bonds. The minimum Gasteiger partial charge on any atom is -0.481 e. The molecule has 3 heterocycles. The van der Waals surface area contributed by atoms with Crippen LogP contribution in [0.2, 0.25) is 0 Å². The summed E-state index contributed by atoms with van der Waals surface area (Å²) in [6, 6.07) is 108. The largest absolute Gasteiger partial charge is 0.481 e. The number of fused-ring (bicyclic) bond motifs is 3. The predicted molar refractivity (Wildman–Crippen MR) is 578 cm³/mol. The third-order valence-corrected chi connectivity index (χ3v) is 29.7. The summed E-state index contributed by atoms with van der Waals surface area (Å²) in [4.78, 5) is 102. The lowest BCUT2D eigenvalue weighted by Crippen LogP contribution is -2.46. The number of urea groups is 2. The van der Waals surface area contributed by atoms with Gasteiger partial charge in [-0.1, -0.05) is 313 Å². The molecule has 142 heavy (non-hydrogen) atoms. The van der Waals surface area contributed by atoms with Crippen LogP contribution in [0.3, 0.4) is 0 Å². The molecule has 0 unspecified atom stereocenters. The van der Waals surface area contributed by atoms with Crippen LogP contribution in [-0.4, -0.2) is 136 Å². The first-order chi connectivity index (χ1) is 69.0. The Balaban J connectivity index is 0.000000161. The Morgan fingerprint density at radius 1 is 0.366 bits per heavy atom. The summed E-state index contributed by atoms with van der Waals surface area (Å²) in [6.45, 7) is 9.08. The molecule has 14 aromatic rings. The van der Waals surface area contributed by atoms with Crippen molar-refractivity contribution in [1.82, 2.24) is 30.1 Å². The van der Waals surface area contributed by atoms with E-state index in [1.54, 1.807) is 0 Å². The molecule has 0 saturated heterocycles. The number of para-hydroxylation sites is 3. The average molecular weight is 1990 g/mol. The molecule has 4 aliphatic carbocycles. The van der Waals surface area contributed by atoms with Gasteiger partial charge in [0.25, 0.3) is 0 Å². The number of nitrogens with one attached hydrogen (secondary N) is 3. The standard InChI is InChI=1S/C32H35N3O3S.C30H31N3O3S.C24H31NO2.C15H14O.C9H17NO2.C7H6N2S.ClH/c1-2-38-30(36)25-17-19-26(20-18-25)35(32(37)34-31-33-28-15-9-10-16-29(28)39-31)22-21-27(23-11-5-3-6-12-23)24-13-7-4-8-14-24;34-28(35)23-15-17-24(18-16-23)33(30(36)32-29-31-26-13-7-8-14-27(26)37-29)20-19-25(21-9-3-1-4-10-21)22-11-5-2-6-12-22;1-2-27-24(26)21-13-15-22(16-14-21)25-18-17-23(19-9-5-3-6-10-19)20-11-7-4-8-12-20;16-12-11-15(13-7-3-1-4-8-13)14-9-5-2-6-10-14;1-2-12-9(11)7-3-5-8(10)6-4-7;8-7-9-5-3-1-2-4-6(5)10-7;/h3-16,25-27H,2,17-22H2,1H3,(H,33,34,37);1-14,23-25H,15-20H2,(H,34,35)(H,31,32,36);3-12,21-23,25H,2,13-18H2,1H3;1-10,12,15H,11H2;7-8H,2-6,10H2,1H3;1-4H,(H2,8,9);1H. The third kappa shape index (κ3) is 32.9. The number of anilines is 3. The topological polar surface area (TPSA) is 301 Å². The second-order valence-electron chi connectivity index (χ2n) is 36.2. The number of hydrogen-bond donors (Lipinski definition) is 6. The fourth-order valence-corrected chi connectivity index (χ4v) is 21.9. The third-order valence-electron chi connectivity index (χ3n) is 27.0. The van der Waals surface area contributed by atoms with Crippen molar-refractivity contribution < 1.29 is 52.9 Å². The van der Waals surface area contributed by atoms with Crippen molar-refractivity contribution >= 4 is 135 Å². The smallest absolute Gasteiger partial charge is 0.323 e. The molecule has 18 rings (SSSR count). The zero-order valence-corrected chi connectivity index (χ0v) is 84.7. The number of aldehydes is 1. The van der Waals surface area contributed by atoms with Crippen molar-refractivity contribution in [2.45, 2.75) is 197 Å². The summed E-state index contributed by atoms with van der Waals surface area (Å²) in [5.74, 6) is -0.190. The van der Waals surface area contributed by atoms with Gasteiger partial charge in [0.1, 0.15) is 6.29 Å². The van der Waals surface area contributed by atoms with Gasteiger partial charge in [-0.2, -0.15) is 0 Å². The number of nitrogen functional groups attached to an aromatic ring is 1. The van der Waals surface area contributed by atoms with Crippen LogP contribution >= 0.6 is 46.4 Å². The van der Waals surface area contributed by atoms with E-state index in [-0.39, 0.29) is 95.9 Å². The van der Waals surface area contributed by atoms with Gasteiger partial charge in [-0.25, -0.2) is 24.5 Å². The molecule has 744 valence electrons. The van der Waals surface area contributed by atoms with E-state index in [2.05, 4.69) is 213 Å². The number of amides is 4. The van der Waals surface area contributed by atoms with E-state index in [0.717, 1.165) is 140 Å². The van der Waals surface area contributed by atoms with Gasteiger partial charge in [-0.15, -0.1) is 12.4 Å². The molecule has 4 aliphatic rings. The molecule has 8 N–H and O–H groups in total. The SMILES string of the molecule is CCOC(=O)C1CCC(N(CCC(c2ccccc2)c2ccccc2)C(=O)Nc2nc3ccccc3s2)CC1.CCOC(=O)C1CCC(N)CC1.CCOC(=O)C1CCC(NCCC(c2ccccc2)c2ccccc2)CC1.Cl.Nc1nc2ccccc2s1.O=C(O)C1CCC(N(CCC(c2ccccc2)c2ccccc2)C(=O)Nc2nc3ccccc3s2)CC1.O=CCC(c1ccccc1)c1ccccc1. The predicted octanol–water partition coefficient (Wildman–Crippen LogP) is 26.2. The Hall–Kier alpha value is -12.8. The number of esters is 3. The lowest BCUT2D eigenvalue weighted by Gasteiger charge is -2.37. The number of carboxylic acid groups (broad SMARTS) is 1. The number of carbonyl (C=O) groups is 7. The van der Waals surface area contributed by atoms with Gasteiger partial charge in [0.05, 0.1) is 74.1 Å². The number of nitrogens with zero attached hydrogens (tertiary/aromatic N) is 5. The molecule has 0 spiro atoms. The van der Waals surface area contributed by atoms with E-state index in [4.69, 9.17) is 25.7 Å². The first-order valence-electron chi connectivity index (χ1n) is 50.0. The highest BCUT2D eigenvalue weighted by molar-refractivity contribution is 7.23. The van der Waals surface area contributed by atoms with Crippen molar-refractivity contribution in [2.24, 2.45) is 29.4 Å². The molecule has 4 saturated carbocycles. The lowest BCUT2D eigenvalue weighted by atomic mass is 9.84. The Labute approximate surface area is 853 Å². The van der Waals surface area contributed by atoms with Crippen LogP contribution in [0.5, 0.6) is 0 Å². The minimum atomic E-state index is -0.739. The number of aromatic nitrogens is 3. The Morgan fingerprint density at radius 2 is 0.641 bits per heavy atom. The minimum absolute atomic E-state index is 0. The molecule has 0 atom stereocenters. The van der Waals surface area contributed by atoms with Gasteiger partial charge in [0.2, 0.25) is 0 Å². The van der Waals surface area contributed by atoms with Crippen molar-refractivity contribution in [3.63, 3.8) is 0 Å². The maximum atomic E-state index is 13.8. The van der Waals surface area contributed by atoms with Crippen LogP contribution in [0, 0.1) is 23.7 Å². The number of benzene rings is 11. The van der Waals surface area contributed by atoms with E-state index < -0.39 is 5.97 Å². The van der Waals surface area contributed by atoms with Crippen LogP contribution in [0.15, 0.2) is 315 Å². The number of thiazole rings is 3. The maximum absolute atomic E-state index is 13.8. The molecular formula is C117H135ClN10O11S3. The van der Waals surface area contributed by atoms with Crippen LogP contribution in [0.1, 0.15) is 217 Å². The summed E-state index contributed by atoms with van der Waals surface area (Å²) in [6.07, 6.45) is 17.5. The number of hydrogen-bond acceptors (Lipinski definition) is 19. The quantitative estimate of drug-likeness (QED) is 0.0134. The Kier molecular flexibility index (Phi) is 44.1. The van der Waals surface area contributed by atoms with Gasteiger partial charge < -0.3 is 50.7 Å². The number of carboxylic acids is 1. The highest BCUT2D eigenvalue weighted by atomic mass is 35.5. The maximum Gasteiger partial charge on any atom is 0.323 e. The van der Waals surface area contributed by atoms with Crippen molar-refractivity contribution in [1.29, 1.82) is 0 Å². The first kappa shape index (κ1) is 108. The molecule has 21 nitrogen and oxygen atoms in total. The van der Waals surface area contributed by atoms with E-state index in [1.807, 2.05) is 164 Å². The van der Waals surface area contributed by atoms with Crippen LogP contribution < -0.4 is 27.4 Å². The van der Waals surface area contributed by atoms with E-state index >= 15 is 0 Å². The summed E-state index contributed by atoms with van der Waals surface area (Å²) in [7, 11) is 0. The summed E-state index contributed by atoms with van der Waals surface area (Å²) >= 11 is 4.47. The Bertz CT molecular complexity index is 5830. The van der Waals surface area contributed by atoms with Crippen molar-refractivity contribution in [2.75, 3.05) is 55.8 Å². The molecule has 25 heteroatoms. The lowest BCUT2D eigenvalue weighted by molar-refractivity contribution is -0.150. The first-order valence-corrected chi connectivity index (χ1v) is 52.5. The highest BCUT2D eigenvalue weighted by Gasteiger charge is 2.36. The summed E-state index contributed by atoms with van der Waals surface area (Å²) < 4.78 is 18.6. The van der Waals surface area contributed by atoms with E-state index in [0.29, 0.717) is 98.4 Å². The van der Waals surface area contributed by atoms with Gasteiger partial charge in [-0.05, 0) is 230 Å². The van der Waals surface area contributed by atoms with E-state index in [9.17, 15) is 38.7 Å². The number of nitrogens with two attached hydrogens (primary N) is 2. The fourth-order valence-electron chi connectivity index (χ4n) is 19.5. The zero-order valence-electron chi connectivity index (χ0n) is 81.5. The Morgan fingerprint density at radius 3 is 0.944 bits per heavy atom. The summed E-state index contributed by atoms with van der Waals surface area (Å²) in [5.41, 5.74) is 24.0. The van der Waals surface area contributed by atoms with Crippen LogP contribution in [0.25, 0.3) is 30.6 Å². The molecule has 0 aliphatic heterocycles. The summed E-state index contributed by atoms with van der Waals surface area (Å²) in [5, 5.41) is 21.2. The fraction of sp³-hybridized carbons (Fsp3) is 0.350.